The van der Waals surface area contributed by atoms with Crippen LogP contribution in [0.15, 0.2) is 11.1 Å². The van der Waals surface area contributed by atoms with Crippen molar-refractivity contribution in [2.45, 2.75) is 76.0 Å². The van der Waals surface area contributed by atoms with E-state index in [-0.39, 0.29) is 40.8 Å². The zero-order valence-corrected chi connectivity index (χ0v) is 19.0. The molecule has 7 rings (SSSR count). The summed E-state index contributed by atoms with van der Waals surface area (Å²) in [4.78, 5) is 35.9. The molecule has 0 unspecified atom stereocenters. The number of fused-ring (bicyclic) bond motifs is 4. The minimum Gasteiger partial charge on any atom is -0.480 e. The Bertz CT molecular complexity index is 1050. The van der Waals surface area contributed by atoms with Crippen LogP contribution in [0.2, 0.25) is 0 Å². The number of carbonyl (C=O) groups is 3. The predicted molar refractivity (Wildman–Crippen MR) is 110 cm³/mol. The van der Waals surface area contributed by atoms with Crippen LogP contribution < -0.4 is 5.32 Å². The quantitative estimate of drug-likeness (QED) is 0.481. The summed E-state index contributed by atoms with van der Waals surface area (Å²) in [7, 11) is 0. The van der Waals surface area contributed by atoms with E-state index < -0.39 is 35.9 Å². The van der Waals surface area contributed by atoms with E-state index in [1.807, 2.05) is 0 Å². The highest BCUT2D eigenvalue weighted by molar-refractivity contribution is 5.92. The summed E-state index contributed by atoms with van der Waals surface area (Å²) in [5, 5.41) is 11.3. The lowest BCUT2D eigenvalue weighted by Gasteiger charge is -2.56. The summed E-state index contributed by atoms with van der Waals surface area (Å²) in [6.45, 7) is 6.38. The second-order valence-corrected chi connectivity index (χ2v) is 11.5. The van der Waals surface area contributed by atoms with Gasteiger partial charge in [-0.2, -0.15) is 0 Å². The molecule has 0 aromatic carbocycles. The van der Waals surface area contributed by atoms with Gasteiger partial charge in [-0.05, 0) is 54.4 Å². The van der Waals surface area contributed by atoms with Gasteiger partial charge in [-0.25, -0.2) is 9.59 Å². The van der Waals surface area contributed by atoms with Gasteiger partial charge in [0.2, 0.25) is 0 Å². The molecule has 9 nitrogen and oxygen atoms in total. The Morgan fingerprint density at radius 1 is 1.30 bits per heavy atom. The van der Waals surface area contributed by atoms with Crippen LogP contribution in [0.5, 0.6) is 0 Å². The standard InChI is InChI=1S/C24H29NO8/c1-10(2)23-17(33-23)14-7-22(14)21(3)5-4-11-12(9-30-18(11)28)13(21)6-15-24(22,32-15)19(23)31-20(29)25-8-16(26)27/h10,13-15,17,19H,4-9H2,1-3H3,(H,25,29)(H,26,27)/t13-,14-,15-,17-,19+,21-,22-,23-,24+/m0/s1. The van der Waals surface area contributed by atoms with E-state index in [4.69, 9.17) is 24.1 Å². The molecular formula is C24H29NO8. The molecule has 3 heterocycles. The minimum absolute atomic E-state index is 0.00217. The highest BCUT2D eigenvalue weighted by Crippen LogP contribution is 2.90. The molecule has 0 bridgehead atoms. The summed E-state index contributed by atoms with van der Waals surface area (Å²) in [5.41, 5.74) is 0.486. The first-order valence-electron chi connectivity index (χ1n) is 12.0. The average molecular weight is 459 g/mol. The Morgan fingerprint density at radius 3 is 2.82 bits per heavy atom. The highest BCUT2D eigenvalue weighted by Gasteiger charge is 2.99. The predicted octanol–water partition coefficient (Wildman–Crippen LogP) is 1.79. The van der Waals surface area contributed by atoms with Gasteiger partial charge >= 0.3 is 18.0 Å². The van der Waals surface area contributed by atoms with Gasteiger partial charge in [-0.15, -0.1) is 0 Å². The van der Waals surface area contributed by atoms with Crippen molar-refractivity contribution in [3.8, 4) is 0 Å². The number of carboxylic acid groups (broad SMARTS) is 1. The van der Waals surface area contributed by atoms with E-state index in [0.717, 1.165) is 30.4 Å². The normalized spacial score (nSPS) is 51.8. The third-order valence-electron chi connectivity index (χ3n) is 10.4. The molecule has 33 heavy (non-hydrogen) atoms. The largest absolute Gasteiger partial charge is 0.480 e. The van der Waals surface area contributed by atoms with Crippen LogP contribution in [0.25, 0.3) is 0 Å². The minimum atomic E-state index is -1.13. The van der Waals surface area contributed by atoms with Gasteiger partial charge in [0, 0.05) is 11.0 Å². The van der Waals surface area contributed by atoms with Crippen molar-refractivity contribution in [1.29, 1.82) is 0 Å². The number of epoxide rings is 2. The number of carboxylic acids is 1. The maximum Gasteiger partial charge on any atom is 0.408 e. The van der Waals surface area contributed by atoms with E-state index in [9.17, 15) is 14.4 Å². The molecule has 3 aliphatic heterocycles. The van der Waals surface area contributed by atoms with Crippen LogP contribution in [0, 0.1) is 28.6 Å². The Hall–Kier alpha value is -2.13. The zero-order chi connectivity index (χ0) is 23.1. The Labute approximate surface area is 191 Å². The molecule has 1 amide bonds. The van der Waals surface area contributed by atoms with Gasteiger partial charge in [-0.1, -0.05) is 20.8 Å². The van der Waals surface area contributed by atoms with Gasteiger partial charge in [0.25, 0.3) is 0 Å². The molecule has 5 fully saturated rings. The van der Waals surface area contributed by atoms with Crippen LogP contribution in [-0.2, 0) is 28.5 Å². The lowest BCUT2D eigenvalue weighted by Crippen LogP contribution is -2.66. The summed E-state index contributed by atoms with van der Waals surface area (Å²) in [5.74, 6) is -0.635. The summed E-state index contributed by atoms with van der Waals surface area (Å²) in [6.07, 6.45) is 1.90. The molecule has 9 heteroatoms. The zero-order valence-electron chi connectivity index (χ0n) is 19.0. The fraction of sp³-hybridized carbons (Fsp3) is 0.792. The molecule has 178 valence electrons. The van der Waals surface area contributed by atoms with Crippen molar-refractivity contribution >= 4 is 18.0 Å². The van der Waals surface area contributed by atoms with E-state index in [0.29, 0.717) is 18.9 Å². The van der Waals surface area contributed by atoms with Gasteiger partial charge in [0.1, 0.15) is 24.4 Å². The molecule has 2 spiro atoms. The maximum atomic E-state index is 12.7. The Kier molecular flexibility index (Phi) is 3.52. The number of carbonyl (C=O) groups excluding carboxylic acids is 2. The van der Waals surface area contributed by atoms with E-state index in [1.165, 1.54) is 0 Å². The number of alkyl carbamates (subject to hydrolysis) is 1. The molecule has 9 atom stereocenters. The molecule has 3 saturated carbocycles. The second-order valence-electron chi connectivity index (χ2n) is 11.5. The topological polar surface area (TPSA) is 127 Å². The van der Waals surface area contributed by atoms with Crippen molar-refractivity contribution in [3.63, 3.8) is 0 Å². The number of hydrogen-bond acceptors (Lipinski definition) is 7. The van der Waals surface area contributed by atoms with Crippen molar-refractivity contribution in [2.24, 2.45) is 28.6 Å². The van der Waals surface area contributed by atoms with E-state index in [2.05, 4.69) is 26.1 Å². The van der Waals surface area contributed by atoms with E-state index in [1.54, 1.807) is 0 Å². The SMILES string of the molecule is CC(C)[C@]12O[C@H]1[C@@H]1C[C@]13[C@]1(O[C@H]1C[C@H]1C4=C(CC[C@@]13C)C(=O)OC4)[C@@H]2OC(=O)NCC(=O)O. The fourth-order valence-electron chi connectivity index (χ4n) is 8.98. The number of aliphatic carboxylic acids is 1. The Balaban J connectivity index is 1.29. The number of amides is 1. The summed E-state index contributed by atoms with van der Waals surface area (Å²) >= 11 is 0. The molecular weight excluding hydrogens is 430 g/mol. The summed E-state index contributed by atoms with van der Waals surface area (Å²) in [6, 6.07) is 0. The lowest BCUT2D eigenvalue weighted by molar-refractivity contribution is -0.137. The third-order valence-corrected chi connectivity index (χ3v) is 10.4. The molecule has 7 aliphatic rings. The van der Waals surface area contributed by atoms with Gasteiger partial charge in [0.15, 0.2) is 6.10 Å². The van der Waals surface area contributed by atoms with Crippen molar-refractivity contribution < 1.29 is 38.4 Å². The fourth-order valence-corrected chi connectivity index (χ4v) is 8.98. The smallest absolute Gasteiger partial charge is 0.408 e. The number of esters is 1. The summed E-state index contributed by atoms with van der Waals surface area (Å²) < 4.78 is 24.5. The first-order valence-corrected chi connectivity index (χ1v) is 12.0. The van der Waals surface area contributed by atoms with Crippen LogP contribution in [0.1, 0.15) is 46.5 Å². The molecule has 0 aromatic heterocycles. The van der Waals surface area contributed by atoms with Crippen molar-refractivity contribution in [3.05, 3.63) is 11.1 Å². The molecule has 4 aliphatic carbocycles. The average Bonchev–Trinajstić information content (AvgIpc) is 3.65. The number of nitrogens with one attached hydrogen (secondary N) is 1. The number of hydrogen-bond donors (Lipinski definition) is 2. The van der Waals surface area contributed by atoms with Gasteiger partial charge < -0.3 is 29.4 Å². The maximum absolute atomic E-state index is 12.7. The highest BCUT2D eigenvalue weighted by atomic mass is 16.7. The van der Waals surface area contributed by atoms with E-state index >= 15 is 0 Å². The van der Waals surface area contributed by atoms with Crippen molar-refractivity contribution in [2.75, 3.05) is 13.2 Å². The molecule has 0 radical (unpaired) electrons. The first-order chi connectivity index (χ1) is 15.6. The first kappa shape index (κ1) is 20.3. The Morgan fingerprint density at radius 2 is 2.09 bits per heavy atom. The molecule has 2 N–H and O–H groups in total. The van der Waals surface area contributed by atoms with Crippen LogP contribution in [-0.4, -0.2) is 65.8 Å². The lowest BCUT2D eigenvalue weighted by atomic mass is 9.45. The molecule has 0 aromatic rings. The van der Waals surface area contributed by atoms with Crippen LogP contribution in [0.3, 0.4) is 0 Å². The second kappa shape index (κ2) is 5.74. The van der Waals surface area contributed by atoms with Crippen molar-refractivity contribution in [1.82, 2.24) is 5.32 Å². The van der Waals surface area contributed by atoms with Gasteiger partial charge in [-0.3, -0.25) is 4.79 Å². The van der Waals surface area contributed by atoms with Crippen LogP contribution in [0.4, 0.5) is 4.79 Å². The molecule has 2 saturated heterocycles. The van der Waals surface area contributed by atoms with Gasteiger partial charge in [0.05, 0.1) is 12.2 Å². The number of cyclic esters (lactones) is 1. The van der Waals surface area contributed by atoms with Crippen LogP contribution >= 0.6 is 0 Å². The monoisotopic (exact) mass is 459 g/mol. The third kappa shape index (κ3) is 2.03. The number of rotatable bonds is 4. The number of ether oxygens (including phenoxy) is 4.